The van der Waals surface area contributed by atoms with E-state index in [1.165, 1.54) is 6.33 Å². The van der Waals surface area contributed by atoms with Crippen molar-refractivity contribution in [3.8, 4) is 10.6 Å². The first kappa shape index (κ1) is 11.8. The molecule has 0 aliphatic heterocycles. The second kappa shape index (κ2) is 4.70. The molecule has 0 saturated carbocycles. The first-order valence-corrected chi connectivity index (χ1v) is 6.48. The van der Waals surface area contributed by atoms with Gasteiger partial charge in [-0.3, -0.25) is 0 Å². The molecule has 0 fully saturated rings. The molecule has 0 atom stereocenters. The van der Waals surface area contributed by atoms with Gasteiger partial charge in [0.1, 0.15) is 11.5 Å². The Morgan fingerprint density at radius 1 is 1.25 bits per heavy atom. The molecule has 0 unspecified atom stereocenters. The Kier molecular flexibility index (Phi) is 3.47. The molecule has 0 amide bonds. The number of aromatic nitrogens is 2. The van der Waals surface area contributed by atoms with Crippen LogP contribution in [0.1, 0.15) is 25.3 Å². The molecule has 0 radical (unpaired) electrons. The fourth-order valence-electron chi connectivity index (χ4n) is 1.53. The van der Waals surface area contributed by atoms with Crippen LogP contribution in [-0.4, -0.2) is 9.97 Å². The standard InChI is InChI=1S/C11H10Cl2N2S/c1-6(2)8-9(14-5-15-11(8)13)10-7(12)3-4-16-10/h3-6H,1-2H3. The second-order valence-corrected chi connectivity index (χ2v) is 5.36. The zero-order valence-corrected chi connectivity index (χ0v) is 11.2. The van der Waals surface area contributed by atoms with Gasteiger partial charge in [0.25, 0.3) is 0 Å². The normalized spacial score (nSPS) is 11.1. The van der Waals surface area contributed by atoms with Gasteiger partial charge in [-0.25, -0.2) is 9.97 Å². The quantitative estimate of drug-likeness (QED) is 0.745. The number of thiophene rings is 1. The van der Waals surface area contributed by atoms with Gasteiger partial charge in [0, 0.05) is 5.56 Å². The molecule has 2 aromatic rings. The van der Waals surface area contributed by atoms with Gasteiger partial charge in [-0.05, 0) is 17.4 Å². The minimum Gasteiger partial charge on any atom is -0.235 e. The first-order valence-electron chi connectivity index (χ1n) is 4.85. The smallest absolute Gasteiger partial charge is 0.136 e. The van der Waals surface area contributed by atoms with E-state index in [2.05, 4.69) is 23.8 Å². The fourth-order valence-corrected chi connectivity index (χ4v) is 3.04. The predicted octanol–water partition coefficient (Wildman–Crippen LogP) is 4.64. The van der Waals surface area contributed by atoms with Gasteiger partial charge in [-0.15, -0.1) is 11.3 Å². The number of nitrogens with zero attached hydrogens (tertiary/aromatic N) is 2. The van der Waals surface area contributed by atoms with Crippen molar-refractivity contribution in [2.45, 2.75) is 19.8 Å². The minimum atomic E-state index is 0.266. The Bertz CT molecular complexity index is 508. The van der Waals surface area contributed by atoms with E-state index in [1.54, 1.807) is 11.3 Å². The number of halogens is 2. The highest BCUT2D eigenvalue weighted by Crippen LogP contribution is 2.38. The highest BCUT2D eigenvalue weighted by Gasteiger charge is 2.17. The lowest BCUT2D eigenvalue weighted by atomic mass is 10.0. The van der Waals surface area contributed by atoms with Crippen LogP contribution in [-0.2, 0) is 0 Å². The number of rotatable bonds is 2. The van der Waals surface area contributed by atoms with Crippen molar-refractivity contribution in [3.05, 3.63) is 33.5 Å². The molecule has 16 heavy (non-hydrogen) atoms. The van der Waals surface area contributed by atoms with Crippen LogP contribution in [0.25, 0.3) is 10.6 Å². The number of hydrogen-bond donors (Lipinski definition) is 0. The second-order valence-electron chi connectivity index (χ2n) is 3.68. The van der Waals surface area contributed by atoms with Crippen LogP contribution in [0.5, 0.6) is 0 Å². The van der Waals surface area contributed by atoms with E-state index in [0.29, 0.717) is 10.2 Å². The van der Waals surface area contributed by atoms with Crippen LogP contribution in [0, 0.1) is 0 Å². The molecule has 2 aromatic heterocycles. The lowest BCUT2D eigenvalue weighted by Crippen LogP contribution is -1.98. The molecule has 2 rings (SSSR count). The average Bonchev–Trinajstić information content (AvgIpc) is 2.63. The fraction of sp³-hybridized carbons (Fsp3) is 0.273. The predicted molar refractivity (Wildman–Crippen MR) is 69.5 cm³/mol. The van der Waals surface area contributed by atoms with Crippen molar-refractivity contribution in [1.29, 1.82) is 0 Å². The maximum Gasteiger partial charge on any atom is 0.136 e. The summed E-state index contributed by atoms with van der Waals surface area (Å²) in [4.78, 5) is 9.26. The molecule has 2 nitrogen and oxygen atoms in total. The third-order valence-electron chi connectivity index (χ3n) is 2.24. The Morgan fingerprint density at radius 3 is 2.56 bits per heavy atom. The monoisotopic (exact) mass is 272 g/mol. The Labute approximate surface area is 108 Å². The molecular weight excluding hydrogens is 263 g/mol. The van der Waals surface area contributed by atoms with E-state index >= 15 is 0 Å². The molecule has 0 bridgehead atoms. The molecule has 0 saturated heterocycles. The van der Waals surface area contributed by atoms with Crippen molar-refractivity contribution < 1.29 is 0 Å². The van der Waals surface area contributed by atoms with Gasteiger partial charge in [-0.2, -0.15) is 0 Å². The summed E-state index contributed by atoms with van der Waals surface area (Å²) in [5.74, 6) is 0.266. The maximum absolute atomic E-state index is 6.11. The average molecular weight is 273 g/mol. The molecule has 0 aliphatic carbocycles. The lowest BCUT2D eigenvalue weighted by Gasteiger charge is -2.11. The highest BCUT2D eigenvalue weighted by atomic mass is 35.5. The van der Waals surface area contributed by atoms with Gasteiger partial charge in [0.15, 0.2) is 0 Å². The zero-order chi connectivity index (χ0) is 11.7. The van der Waals surface area contributed by atoms with E-state index in [-0.39, 0.29) is 5.92 Å². The summed E-state index contributed by atoms with van der Waals surface area (Å²) < 4.78 is 0. The Morgan fingerprint density at radius 2 is 2.00 bits per heavy atom. The van der Waals surface area contributed by atoms with E-state index in [4.69, 9.17) is 23.2 Å². The Hall–Kier alpha value is -0.640. The van der Waals surface area contributed by atoms with E-state index < -0.39 is 0 Å². The lowest BCUT2D eigenvalue weighted by molar-refractivity contribution is 0.850. The molecular formula is C11H10Cl2N2S. The Balaban J connectivity index is 2.66. The van der Waals surface area contributed by atoms with Crippen molar-refractivity contribution >= 4 is 34.5 Å². The van der Waals surface area contributed by atoms with Gasteiger partial charge in [0.2, 0.25) is 0 Å². The molecule has 0 aliphatic rings. The molecule has 84 valence electrons. The highest BCUT2D eigenvalue weighted by molar-refractivity contribution is 7.14. The minimum absolute atomic E-state index is 0.266. The summed E-state index contributed by atoms with van der Waals surface area (Å²) in [5, 5.41) is 3.16. The largest absolute Gasteiger partial charge is 0.235 e. The van der Waals surface area contributed by atoms with Gasteiger partial charge in [-0.1, -0.05) is 37.0 Å². The SMILES string of the molecule is CC(C)c1c(Cl)ncnc1-c1sccc1Cl. The molecule has 0 N–H and O–H groups in total. The zero-order valence-electron chi connectivity index (χ0n) is 8.87. The van der Waals surface area contributed by atoms with E-state index in [0.717, 1.165) is 16.1 Å². The summed E-state index contributed by atoms with van der Waals surface area (Å²) in [7, 11) is 0. The molecule has 0 aromatic carbocycles. The third-order valence-corrected chi connectivity index (χ3v) is 3.89. The summed E-state index contributed by atoms with van der Waals surface area (Å²) in [5.41, 5.74) is 1.79. The van der Waals surface area contributed by atoms with Crippen LogP contribution >= 0.6 is 34.5 Å². The summed E-state index contributed by atoms with van der Waals surface area (Å²) in [6.07, 6.45) is 1.47. The van der Waals surface area contributed by atoms with Gasteiger partial charge < -0.3 is 0 Å². The maximum atomic E-state index is 6.11. The third kappa shape index (κ3) is 2.08. The van der Waals surface area contributed by atoms with Crippen molar-refractivity contribution in [1.82, 2.24) is 9.97 Å². The topological polar surface area (TPSA) is 25.8 Å². The van der Waals surface area contributed by atoms with E-state index in [9.17, 15) is 0 Å². The number of hydrogen-bond acceptors (Lipinski definition) is 3. The molecule has 2 heterocycles. The van der Waals surface area contributed by atoms with Crippen LogP contribution in [0.2, 0.25) is 10.2 Å². The van der Waals surface area contributed by atoms with Crippen molar-refractivity contribution in [2.24, 2.45) is 0 Å². The van der Waals surface area contributed by atoms with Crippen LogP contribution < -0.4 is 0 Å². The van der Waals surface area contributed by atoms with Crippen LogP contribution in [0.15, 0.2) is 17.8 Å². The van der Waals surface area contributed by atoms with E-state index in [1.807, 2.05) is 11.4 Å². The summed E-state index contributed by atoms with van der Waals surface area (Å²) >= 11 is 13.8. The van der Waals surface area contributed by atoms with Gasteiger partial charge >= 0.3 is 0 Å². The van der Waals surface area contributed by atoms with Crippen LogP contribution in [0.3, 0.4) is 0 Å². The summed E-state index contributed by atoms with van der Waals surface area (Å²) in [6, 6.07) is 1.86. The molecule has 5 heteroatoms. The molecule has 0 spiro atoms. The first-order chi connectivity index (χ1) is 7.61. The summed E-state index contributed by atoms with van der Waals surface area (Å²) in [6.45, 7) is 4.13. The van der Waals surface area contributed by atoms with Gasteiger partial charge in [0.05, 0.1) is 15.6 Å². The van der Waals surface area contributed by atoms with Crippen molar-refractivity contribution in [2.75, 3.05) is 0 Å². The van der Waals surface area contributed by atoms with Crippen LogP contribution in [0.4, 0.5) is 0 Å². The van der Waals surface area contributed by atoms with Crippen molar-refractivity contribution in [3.63, 3.8) is 0 Å².